The lowest BCUT2D eigenvalue weighted by Crippen LogP contribution is -2.19. The van der Waals surface area contributed by atoms with E-state index in [4.69, 9.17) is 4.42 Å². The molecule has 1 aromatic heterocycles. The monoisotopic (exact) mass is 268 g/mol. The van der Waals surface area contributed by atoms with Crippen LogP contribution < -0.4 is 0 Å². The summed E-state index contributed by atoms with van der Waals surface area (Å²) in [5.74, 6) is 0. The highest BCUT2D eigenvalue weighted by atomic mass is 79.9. The van der Waals surface area contributed by atoms with Gasteiger partial charge >= 0.3 is 0 Å². The molecule has 0 atom stereocenters. The first-order valence-corrected chi connectivity index (χ1v) is 5.19. The normalized spacial score (nSPS) is 10.5. The Morgan fingerprint density at radius 1 is 1.60 bits per heavy atom. The molecule has 0 spiro atoms. The van der Waals surface area contributed by atoms with Gasteiger partial charge in [-0.3, -0.25) is 4.79 Å². The van der Waals surface area contributed by atoms with E-state index in [9.17, 15) is 4.79 Å². The summed E-state index contributed by atoms with van der Waals surface area (Å²) in [6.45, 7) is 0.542. The minimum absolute atomic E-state index is 0.139. The minimum atomic E-state index is -0.139. The molecule has 0 aliphatic rings. The van der Waals surface area contributed by atoms with Crippen LogP contribution in [-0.2, 0) is 6.54 Å². The Morgan fingerprint density at radius 2 is 2.40 bits per heavy atom. The second-order valence-electron chi connectivity index (χ2n) is 3.26. The molecule has 78 valence electrons. The van der Waals surface area contributed by atoms with E-state index in [0.29, 0.717) is 6.54 Å². The maximum atomic E-state index is 11.0. The van der Waals surface area contributed by atoms with Crippen LogP contribution in [0.25, 0.3) is 11.1 Å². The number of amides is 1. The van der Waals surface area contributed by atoms with Crippen molar-refractivity contribution in [3.8, 4) is 0 Å². The first-order chi connectivity index (χ1) is 7.16. The van der Waals surface area contributed by atoms with E-state index in [-0.39, 0.29) is 4.82 Å². The maximum Gasteiger partial charge on any atom is 0.289 e. The molecule has 1 aromatic carbocycles. The Kier molecular flexibility index (Phi) is 2.73. The van der Waals surface area contributed by atoms with Gasteiger partial charge in [0.2, 0.25) is 0 Å². The molecule has 5 heteroatoms. The topological polar surface area (TPSA) is 46.3 Å². The Morgan fingerprint density at radius 3 is 3.13 bits per heavy atom. The predicted molar refractivity (Wildman–Crippen MR) is 59.8 cm³/mol. The fourth-order valence-corrected chi connectivity index (χ4v) is 1.46. The average Bonchev–Trinajstić information content (AvgIpc) is 2.64. The van der Waals surface area contributed by atoms with Gasteiger partial charge < -0.3 is 9.32 Å². The number of fused-ring (bicyclic) bond motifs is 1. The Hall–Kier alpha value is -1.36. The third kappa shape index (κ3) is 2.18. The number of rotatable bonds is 2. The molecule has 2 rings (SSSR count). The second-order valence-corrected chi connectivity index (χ2v) is 3.94. The molecule has 0 fully saturated rings. The highest BCUT2D eigenvalue weighted by molar-refractivity contribution is 9.18. The zero-order chi connectivity index (χ0) is 10.8. The predicted octanol–water partition coefficient (Wildman–Crippen LogP) is 2.77. The van der Waals surface area contributed by atoms with Gasteiger partial charge in [0, 0.05) is 29.5 Å². The first kappa shape index (κ1) is 10.2. The fourth-order valence-electron chi connectivity index (χ4n) is 1.33. The van der Waals surface area contributed by atoms with Crippen LogP contribution in [-0.4, -0.2) is 21.7 Å². The SMILES string of the molecule is CN(Cc1ccc2ncoc2c1)C(=O)Br. The summed E-state index contributed by atoms with van der Waals surface area (Å²) in [4.78, 5) is 16.4. The number of hydrogen-bond acceptors (Lipinski definition) is 3. The molecule has 2 aromatic rings. The lowest BCUT2D eigenvalue weighted by Gasteiger charge is -2.12. The zero-order valence-corrected chi connectivity index (χ0v) is 9.69. The van der Waals surface area contributed by atoms with Crippen molar-refractivity contribution in [3.05, 3.63) is 30.2 Å². The van der Waals surface area contributed by atoms with Crippen molar-refractivity contribution >= 4 is 31.8 Å². The van der Waals surface area contributed by atoms with Gasteiger partial charge in [-0.1, -0.05) is 6.07 Å². The molecule has 0 radical (unpaired) electrons. The van der Waals surface area contributed by atoms with Crippen molar-refractivity contribution in [1.82, 2.24) is 9.88 Å². The van der Waals surface area contributed by atoms with Crippen LogP contribution in [0.2, 0.25) is 0 Å². The largest absolute Gasteiger partial charge is 0.443 e. The lowest BCUT2D eigenvalue weighted by molar-refractivity contribution is 0.233. The first-order valence-electron chi connectivity index (χ1n) is 4.39. The number of nitrogens with zero attached hydrogens (tertiary/aromatic N) is 2. The molecule has 0 unspecified atom stereocenters. The molecule has 0 aliphatic heterocycles. The zero-order valence-electron chi connectivity index (χ0n) is 8.11. The summed E-state index contributed by atoms with van der Waals surface area (Å²) < 4.78 is 5.17. The van der Waals surface area contributed by atoms with Crippen LogP contribution in [0.3, 0.4) is 0 Å². The van der Waals surface area contributed by atoms with E-state index in [1.807, 2.05) is 18.2 Å². The number of oxazole rings is 1. The lowest BCUT2D eigenvalue weighted by atomic mass is 10.2. The molecule has 0 saturated heterocycles. The summed E-state index contributed by atoms with van der Waals surface area (Å²) in [5, 5.41) is 0. The van der Waals surface area contributed by atoms with Crippen molar-refractivity contribution in [3.63, 3.8) is 0 Å². The van der Waals surface area contributed by atoms with E-state index in [1.54, 1.807) is 11.9 Å². The van der Waals surface area contributed by atoms with Crippen LogP contribution in [0.5, 0.6) is 0 Å². The highest BCUT2D eigenvalue weighted by Crippen LogP contribution is 2.15. The van der Waals surface area contributed by atoms with Gasteiger partial charge in [0.05, 0.1) is 0 Å². The molecule has 0 bridgehead atoms. The van der Waals surface area contributed by atoms with Gasteiger partial charge in [0.15, 0.2) is 12.0 Å². The number of halogens is 1. The van der Waals surface area contributed by atoms with Crippen molar-refractivity contribution in [1.29, 1.82) is 0 Å². The van der Waals surface area contributed by atoms with Crippen molar-refractivity contribution in [2.24, 2.45) is 0 Å². The smallest absolute Gasteiger partial charge is 0.289 e. The standard InChI is InChI=1S/C10H9BrN2O2/c1-13(10(11)14)5-7-2-3-8-9(4-7)15-6-12-8/h2-4,6H,5H2,1H3. The molecule has 15 heavy (non-hydrogen) atoms. The van der Waals surface area contributed by atoms with Gasteiger partial charge in [0.1, 0.15) is 5.52 Å². The Labute approximate surface area is 95.0 Å². The third-order valence-electron chi connectivity index (χ3n) is 2.12. The quantitative estimate of drug-likeness (QED) is 0.622. The van der Waals surface area contributed by atoms with Crippen molar-refractivity contribution in [2.75, 3.05) is 7.05 Å². The molecular formula is C10H9BrN2O2. The highest BCUT2D eigenvalue weighted by Gasteiger charge is 2.06. The Balaban J connectivity index is 2.24. The van der Waals surface area contributed by atoms with Gasteiger partial charge in [-0.05, 0) is 17.7 Å². The van der Waals surface area contributed by atoms with Crippen molar-refractivity contribution < 1.29 is 9.21 Å². The van der Waals surface area contributed by atoms with Gasteiger partial charge in [-0.25, -0.2) is 4.98 Å². The van der Waals surface area contributed by atoms with Crippen LogP contribution in [0.4, 0.5) is 4.79 Å². The molecule has 1 amide bonds. The van der Waals surface area contributed by atoms with Gasteiger partial charge in [-0.2, -0.15) is 0 Å². The third-order valence-corrected chi connectivity index (χ3v) is 2.72. The van der Waals surface area contributed by atoms with Gasteiger partial charge in [0.25, 0.3) is 4.82 Å². The number of carbonyl (C=O) groups is 1. The molecular weight excluding hydrogens is 260 g/mol. The number of aromatic nitrogens is 1. The van der Waals surface area contributed by atoms with E-state index in [0.717, 1.165) is 16.7 Å². The van der Waals surface area contributed by atoms with Gasteiger partial charge in [-0.15, -0.1) is 0 Å². The molecule has 1 heterocycles. The summed E-state index contributed by atoms with van der Waals surface area (Å²) in [6.07, 6.45) is 1.41. The van der Waals surface area contributed by atoms with Crippen LogP contribution in [0.1, 0.15) is 5.56 Å². The summed E-state index contributed by atoms with van der Waals surface area (Å²) in [7, 11) is 1.72. The molecule has 0 aliphatic carbocycles. The summed E-state index contributed by atoms with van der Waals surface area (Å²) in [5.41, 5.74) is 2.57. The second kappa shape index (κ2) is 4.02. The molecule has 0 N–H and O–H groups in total. The summed E-state index contributed by atoms with van der Waals surface area (Å²) >= 11 is 2.89. The average molecular weight is 269 g/mol. The molecule has 4 nitrogen and oxygen atoms in total. The fraction of sp³-hybridized carbons (Fsp3) is 0.200. The molecule has 0 saturated carbocycles. The van der Waals surface area contributed by atoms with E-state index in [2.05, 4.69) is 20.9 Å². The number of benzene rings is 1. The Bertz CT molecular complexity index is 495. The minimum Gasteiger partial charge on any atom is -0.443 e. The summed E-state index contributed by atoms with van der Waals surface area (Å²) in [6, 6.07) is 5.69. The van der Waals surface area contributed by atoms with E-state index < -0.39 is 0 Å². The van der Waals surface area contributed by atoms with Crippen LogP contribution in [0.15, 0.2) is 29.0 Å². The van der Waals surface area contributed by atoms with E-state index in [1.165, 1.54) is 6.39 Å². The van der Waals surface area contributed by atoms with Crippen LogP contribution in [0, 0.1) is 0 Å². The van der Waals surface area contributed by atoms with Crippen LogP contribution >= 0.6 is 15.9 Å². The number of hydrogen-bond donors (Lipinski definition) is 0. The van der Waals surface area contributed by atoms with E-state index >= 15 is 0 Å². The number of carbonyl (C=O) groups excluding carboxylic acids is 1. The maximum absolute atomic E-state index is 11.0. The van der Waals surface area contributed by atoms with Crippen molar-refractivity contribution in [2.45, 2.75) is 6.54 Å².